The van der Waals surface area contributed by atoms with Crippen LogP contribution in [0.5, 0.6) is 0 Å². The minimum Gasteiger partial charge on any atom is -0.357 e. The molecule has 3 N–H and O–H groups in total. The molecule has 1 atom stereocenters. The molecular weight excluding hydrogens is 398 g/mol. The van der Waals surface area contributed by atoms with Crippen molar-refractivity contribution >= 4 is 11.9 Å². The Hall–Kier alpha value is -2.86. The molecule has 0 radical (unpaired) electrons. The maximum absolute atomic E-state index is 12.2. The monoisotopic (exact) mass is 437 g/mol. The Kier molecular flexibility index (Phi) is 9.72. The molecule has 174 valence electrons. The lowest BCUT2D eigenvalue weighted by Crippen LogP contribution is -2.45. The molecule has 2 aromatic rings. The lowest BCUT2D eigenvalue weighted by molar-refractivity contribution is 0.0827. The first-order chi connectivity index (χ1) is 15.2. The molecular formula is C26H39N5O. The van der Waals surface area contributed by atoms with E-state index in [0.29, 0.717) is 12.1 Å². The average molecular weight is 438 g/mol. The minimum absolute atomic E-state index is 0.0224. The van der Waals surface area contributed by atoms with E-state index in [1.54, 1.807) is 19.0 Å². The summed E-state index contributed by atoms with van der Waals surface area (Å²) < 4.78 is 0. The summed E-state index contributed by atoms with van der Waals surface area (Å²) in [6.45, 7) is 10.8. The van der Waals surface area contributed by atoms with Gasteiger partial charge >= 0.3 is 0 Å². The molecule has 0 aromatic heterocycles. The highest BCUT2D eigenvalue weighted by molar-refractivity contribution is 5.94. The number of carbonyl (C=O) groups excluding carboxylic acids is 1. The zero-order chi connectivity index (χ0) is 23.6. The van der Waals surface area contributed by atoms with Gasteiger partial charge in [-0.1, -0.05) is 42.5 Å². The summed E-state index contributed by atoms with van der Waals surface area (Å²) in [4.78, 5) is 18.6. The number of rotatable bonds is 10. The predicted molar refractivity (Wildman–Crippen MR) is 134 cm³/mol. The Bertz CT molecular complexity index is 877. The summed E-state index contributed by atoms with van der Waals surface area (Å²) in [5, 5.41) is 10.4. The Balaban J connectivity index is 1.92. The van der Waals surface area contributed by atoms with Crippen molar-refractivity contribution in [3.63, 3.8) is 0 Å². The van der Waals surface area contributed by atoms with Gasteiger partial charge in [-0.2, -0.15) is 0 Å². The van der Waals surface area contributed by atoms with E-state index >= 15 is 0 Å². The first-order valence-corrected chi connectivity index (χ1v) is 11.4. The van der Waals surface area contributed by atoms with Crippen molar-refractivity contribution in [2.45, 2.75) is 45.7 Å². The second-order valence-corrected chi connectivity index (χ2v) is 8.93. The van der Waals surface area contributed by atoms with Gasteiger partial charge in [0.15, 0.2) is 5.96 Å². The van der Waals surface area contributed by atoms with Crippen molar-refractivity contribution in [2.75, 3.05) is 33.7 Å². The molecule has 6 heteroatoms. The lowest BCUT2D eigenvalue weighted by Gasteiger charge is -2.29. The molecule has 0 saturated heterocycles. The Morgan fingerprint density at radius 2 is 1.78 bits per heavy atom. The third-order valence-corrected chi connectivity index (χ3v) is 5.17. The van der Waals surface area contributed by atoms with Crippen LogP contribution in [-0.2, 0) is 6.42 Å². The average Bonchev–Trinajstić information content (AvgIpc) is 2.77. The summed E-state index contributed by atoms with van der Waals surface area (Å²) in [6, 6.07) is 18.5. The van der Waals surface area contributed by atoms with E-state index < -0.39 is 0 Å². The Labute approximate surface area is 193 Å². The molecule has 0 aliphatic rings. The van der Waals surface area contributed by atoms with Crippen LogP contribution in [0.4, 0.5) is 0 Å². The zero-order valence-electron chi connectivity index (χ0n) is 20.4. The molecule has 0 spiro atoms. The quantitative estimate of drug-likeness (QED) is 0.392. The molecule has 0 fully saturated rings. The smallest absolute Gasteiger partial charge is 0.253 e. The van der Waals surface area contributed by atoms with Gasteiger partial charge in [0, 0.05) is 44.3 Å². The van der Waals surface area contributed by atoms with Gasteiger partial charge in [-0.05, 0) is 57.4 Å². The van der Waals surface area contributed by atoms with E-state index in [4.69, 9.17) is 4.99 Å². The normalized spacial score (nSPS) is 12.9. The fraction of sp³-hybridized carbons (Fsp3) is 0.462. The second-order valence-electron chi connectivity index (χ2n) is 8.93. The summed E-state index contributed by atoms with van der Waals surface area (Å²) in [5.41, 5.74) is 2.95. The molecule has 0 bridgehead atoms. The first kappa shape index (κ1) is 25.4. The predicted octanol–water partition coefficient (Wildman–Crippen LogP) is 3.62. The number of hydrogen-bond donors (Lipinski definition) is 3. The van der Waals surface area contributed by atoms with Gasteiger partial charge < -0.3 is 20.9 Å². The van der Waals surface area contributed by atoms with Crippen LogP contribution >= 0.6 is 0 Å². The molecule has 32 heavy (non-hydrogen) atoms. The van der Waals surface area contributed by atoms with E-state index in [1.807, 2.05) is 24.3 Å². The number of guanidine groups is 1. The number of nitrogens with one attached hydrogen (secondary N) is 3. The fourth-order valence-corrected chi connectivity index (χ4v) is 3.52. The van der Waals surface area contributed by atoms with E-state index in [-0.39, 0.29) is 17.5 Å². The summed E-state index contributed by atoms with van der Waals surface area (Å²) >= 11 is 0. The largest absolute Gasteiger partial charge is 0.357 e. The molecule has 2 aromatic carbocycles. The van der Waals surface area contributed by atoms with Gasteiger partial charge in [-0.25, -0.2) is 0 Å². The van der Waals surface area contributed by atoms with Crippen LogP contribution in [-0.4, -0.2) is 56.0 Å². The van der Waals surface area contributed by atoms with E-state index in [9.17, 15) is 4.79 Å². The van der Waals surface area contributed by atoms with Crippen molar-refractivity contribution in [1.82, 2.24) is 20.9 Å². The molecule has 2 rings (SSSR count). The van der Waals surface area contributed by atoms with Gasteiger partial charge in [-0.3, -0.25) is 9.79 Å². The van der Waals surface area contributed by atoms with Gasteiger partial charge in [-0.15, -0.1) is 0 Å². The highest BCUT2D eigenvalue weighted by atomic mass is 16.2. The highest BCUT2D eigenvalue weighted by Gasteiger charge is 2.20. The van der Waals surface area contributed by atoms with Crippen molar-refractivity contribution in [2.24, 2.45) is 4.99 Å². The molecule has 1 amide bonds. The van der Waals surface area contributed by atoms with Crippen LogP contribution in [0.25, 0.3) is 0 Å². The molecule has 0 aliphatic carbocycles. The molecule has 0 aliphatic heterocycles. The highest BCUT2D eigenvalue weighted by Crippen LogP contribution is 2.16. The number of hydrogen-bond acceptors (Lipinski definition) is 3. The lowest BCUT2D eigenvalue weighted by atomic mass is 10.0. The maximum atomic E-state index is 12.2. The Morgan fingerprint density at radius 1 is 1.06 bits per heavy atom. The third kappa shape index (κ3) is 8.35. The van der Waals surface area contributed by atoms with Crippen LogP contribution in [0, 0.1) is 0 Å². The van der Waals surface area contributed by atoms with Crippen molar-refractivity contribution in [3.8, 4) is 0 Å². The van der Waals surface area contributed by atoms with Gasteiger partial charge in [0.25, 0.3) is 5.91 Å². The molecule has 0 saturated carbocycles. The second kappa shape index (κ2) is 12.2. The fourth-order valence-electron chi connectivity index (χ4n) is 3.52. The number of amides is 1. The molecule has 6 nitrogen and oxygen atoms in total. The van der Waals surface area contributed by atoms with Gasteiger partial charge in [0.2, 0.25) is 0 Å². The third-order valence-electron chi connectivity index (χ3n) is 5.17. The number of carbonyl (C=O) groups is 1. The summed E-state index contributed by atoms with van der Waals surface area (Å²) in [6.07, 6.45) is 0.811. The Morgan fingerprint density at radius 3 is 2.44 bits per heavy atom. The summed E-state index contributed by atoms with van der Waals surface area (Å²) in [5.74, 6) is 0.824. The maximum Gasteiger partial charge on any atom is 0.253 e. The van der Waals surface area contributed by atoms with Crippen molar-refractivity contribution in [1.29, 1.82) is 0 Å². The SMILES string of the molecule is CCNC(=NCC(C)(C)NC(C)c1ccccc1)NCCc1cccc(C(=O)N(C)C)c1. The summed E-state index contributed by atoms with van der Waals surface area (Å²) in [7, 11) is 3.54. The topological polar surface area (TPSA) is 68.8 Å². The number of aliphatic imine (C=N–C) groups is 1. The van der Waals surface area contributed by atoms with Crippen LogP contribution < -0.4 is 16.0 Å². The zero-order valence-corrected chi connectivity index (χ0v) is 20.4. The molecule has 0 heterocycles. The van der Waals surface area contributed by atoms with Crippen LogP contribution in [0.15, 0.2) is 59.6 Å². The van der Waals surface area contributed by atoms with Crippen LogP contribution in [0.1, 0.15) is 55.2 Å². The van der Waals surface area contributed by atoms with Gasteiger partial charge in [0.1, 0.15) is 0 Å². The van der Waals surface area contributed by atoms with Gasteiger partial charge in [0.05, 0.1) is 6.54 Å². The first-order valence-electron chi connectivity index (χ1n) is 11.4. The van der Waals surface area contributed by atoms with Crippen molar-refractivity contribution in [3.05, 3.63) is 71.3 Å². The van der Waals surface area contributed by atoms with E-state index in [0.717, 1.165) is 31.0 Å². The standard InChI is InChI=1S/C26H39N5O/c1-7-27-25(28-17-16-21-12-11-15-23(18-21)24(32)31(5)6)29-19-26(3,4)30-20(2)22-13-9-8-10-14-22/h8-15,18,20,30H,7,16-17,19H2,1-6H3,(H2,27,28,29). The van der Waals surface area contributed by atoms with E-state index in [2.05, 4.69) is 74.0 Å². The van der Waals surface area contributed by atoms with Crippen LogP contribution in [0.2, 0.25) is 0 Å². The van der Waals surface area contributed by atoms with Crippen molar-refractivity contribution < 1.29 is 4.79 Å². The number of benzene rings is 2. The van der Waals surface area contributed by atoms with Crippen LogP contribution in [0.3, 0.4) is 0 Å². The van der Waals surface area contributed by atoms with E-state index in [1.165, 1.54) is 5.56 Å². The molecule has 1 unspecified atom stereocenters. The number of nitrogens with zero attached hydrogens (tertiary/aromatic N) is 2. The minimum atomic E-state index is -0.154.